The lowest BCUT2D eigenvalue weighted by Gasteiger charge is -2.25. The number of nitrogens with zero attached hydrogens (tertiary/aromatic N) is 1. The quantitative estimate of drug-likeness (QED) is 0.756. The van der Waals surface area contributed by atoms with Gasteiger partial charge in [0, 0.05) is 34.9 Å². The van der Waals surface area contributed by atoms with E-state index in [2.05, 4.69) is 36.8 Å². The number of halogens is 2. The molecule has 1 aromatic heterocycles. The van der Waals surface area contributed by atoms with E-state index in [0.29, 0.717) is 40.8 Å². The van der Waals surface area contributed by atoms with E-state index in [1.54, 1.807) is 6.07 Å². The van der Waals surface area contributed by atoms with E-state index in [9.17, 15) is 9.18 Å². The average Bonchev–Trinajstić information content (AvgIpc) is 2.91. The molecule has 23 heavy (non-hydrogen) atoms. The summed E-state index contributed by atoms with van der Waals surface area (Å²) in [5, 5.41) is 13.1. The van der Waals surface area contributed by atoms with Gasteiger partial charge in [0.25, 0.3) is 0 Å². The summed E-state index contributed by atoms with van der Waals surface area (Å²) in [5.74, 6) is -0.208. The summed E-state index contributed by atoms with van der Waals surface area (Å²) >= 11 is 3.42. The van der Waals surface area contributed by atoms with Gasteiger partial charge in [-0.1, -0.05) is 22.9 Å². The molecule has 6 nitrogen and oxygen atoms in total. The predicted molar refractivity (Wildman–Crippen MR) is 88.9 cm³/mol. The number of ether oxygens (including phenoxy) is 1. The molecule has 3 rings (SSSR count). The molecule has 0 bridgehead atoms. The van der Waals surface area contributed by atoms with Crippen molar-refractivity contribution < 1.29 is 13.9 Å². The summed E-state index contributed by atoms with van der Waals surface area (Å²) < 4.78 is 21.1. The first kappa shape index (κ1) is 16.4. The van der Waals surface area contributed by atoms with Crippen LogP contribution in [-0.2, 0) is 9.53 Å². The molecule has 3 N–H and O–H groups in total. The Morgan fingerprint density at radius 1 is 1.61 bits per heavy atom. The Morgan fingerprint density at radius 3 is 3.13 bits per heavy atom. The number of carbonyl (C=O) groups excluding carboxylic acids is 1. The van der Waals surface area contributed by atoms with Gasteiger partial charge in [-0.25, -0.2) is 4.39 Å². The highest BCUT2D eigenvalue weighted by molar-refractivity contribution is 9.10. The normalized spacial score (nSPS) is 18.3. The fourth-order valence-electron chi connectivity index (χ4n) is 2.67. The summed E-state index contributed by atoms with van der Waals surface area (Å²) in [6.45, 7) is 3.77. The highest BCUT2D eigenvalue weighted by atomic mass is 79.9. The van der Waals surface area contributed by atoms with Gasteiger partial charge < -0.3 is 15.4 Å². The van der Waals surface area contributed by atoms with E-state index in [1.165, 1.54) is 0 Å². The second-order valence-electron chi connectivity index (χ2n) is 5.44. The summed E-state index contributed by atoms with van der Waals surface area (Å²) in [4.78, 5) is 11.7. The second kappa shape index (κ2) is 6.94. The van der Waals surface area contributed by atoms with E-state index in [-0.39, 0.29) is 17.5 Å². The summed E-state index contributed by atoms with van der Waals surface area (Å²) in [5.41, 5.74) is 0.726. The molecule has 1 aliphatic rings. The summed E-state index contributed by atoms with van der Waals surface area (Å²) in [7, 11) is 0. The van der Waals surface area contributed by atoms with Crippen molar-refractivity contribution in [3.05, 3.63) is 21.9 Å². The maximum atomic E-state index is 14.9. The molecule has 1 fully saturated rings. The maximum Gasteiger partial charge on any atom is 0.225 e. The third-order valence-electron chi connectivity index (χ3n) is 3.77. The number of benzene rings is 1. The van der Waals surface area contributed by atoms with Crippen molar-refractivity contribution >= 4 is 38.6 Å². The first-order valence-electron chi connectivity index (χ1n) is 7.60. The number of morpholine rings is 1. The Hall–Kier alpha value is -1.51. The number of hydrogen-bond acceptors (Lipinski definition) is 4. The van der Waals surface area contributed by atoms with Crippen LogP contribution < -0.4 is 10.6 Å². The lowest BCUT2D eigenvalue weighted by Crippen LogP contribution is -2.34. The lowest BCUT2D eigenvalue weighted by atomic mass is 10.1. The molecule has 124 valence electrons. The zero-order valence-electron chi connectivity index (χ0n) is 12.7. The third kappa shape index (κ3) is 3.24. The van der Waals surface area contributed by atoms with Gasteiger partial charge in [0.05, 0.1) is 12.7 Å². The number of H-pyrrole nitrogens is 1. The Bertz CT molecular complexity index is 728. The van der Waals surface area contributed by atoms with Crippen LogP contribution in [0.5, 0.6) is 0 Å². The molecule has 2 heterocycles. The molecular weight excluding hydrogens is 367 g/mol. The van der Waals surface area contributed by atoms with Crippen molar-refractivity contribution in [2.75, 3.05) is 25.0 Å². The van der Waals surface area contributed by atoms with E-state index in [4.69, 9.17) is 4.74 Å². The van der Waals surface area contributed by atoms with Crippen LogP contribution in [0, 0.1) is 5.82 Å². The van der Waals surface area contributed by atoms with Crippen LogP contribution in [0.15, 0.2) is 10.5 Å². The number of nitrogens with one attached hydrogen (secondary N) is 3. The molecule has 8 heteroatoms. The highest BCUT2D eigenvalue weighted by Gasteiger charge is 2.25. The molecule has 1 saturated heterocycles. The average molecular weight is 385 g/mol. The molecule has 2 aromatic rings. The topological polar surface area (TPSA) is 79.0 Å². The summed E-state index contributed by atoms with van der Waals surface area (Å²) in [6.07, 6.45) is 0.782. The SMILES string of the molecule is CCCC(=O)Nc1n[nH]c2c(F)c(C3CNCCO3)c(Br)cc12. The van der Waals surface area contributed by atoms with Gasteiger partial charge in [0.15, 0.2) is 11.6 Å². The fraction of sp³-hybridized carbons (Fsp3) is 0.467. The van der Waals surface area contributed by atoms with Crippen LogP contribution in [0.4, 0.5) is 10.2 Å². The van der Waals surface area contributed by atoms with Crippen LogP contribution in [0.25, 0.3) is 10.9 Å². The van der Waals surface area contributed by atoms with Gasteiger partial charge in [-0.15, -0.1) is 0 Å². The Kier molecular flexibility index (Phi) is 4.93. The standard InChI is InChI=1S/C15H18BrFN4O2/c1-2-3-11(22)19-15-8-6-9(16)12(10-7-18-4-5-23-10)13(17)14(8)20-21-15/h6,10,18H,2-5,7H2,1H3,(H2,19,20,21,22). The molecule has 0 radical (unpaired) electrons. The molecule has 1 amide bonds. The molecule has 1 aliphatic heterocycles. The van der Waals surface area contributed by atoms with Crippen molar-refractivity contribution in [2.45, 2.75) is 25.9 Å². The zero-order valence-corrected chi connectivity index (χ0v) is 14.3. The highest BCUT2D eigenvalue weighted by Crippen LogP contribution is 2.36. The van der Waals surface area contributed by atoms with Crippen molar-refractivity contribution in [3.63, 3.8) is 0 Å². The van der Waals surface area contributed by atoms with Gasteiger partial charge >= 0.3 is 0 Å². The van der Waals surface area contributed by atoms with E-state index in [1.807, 2.05) is 6.92 Å². The monoisotopic (exact) mass is 384 g/mol. The number of rotatable bonds is 4. The lowest BCUT2D eigenvalue weighted by molar-refractivity contribution is -0.116. The molecule has 1 unspecified atom stereocenters. The van der Waals surface area contributed by atoms with Crippen molar-refractivity contribution in [1.29, 1.82) is 0 Å². The Balaban J connectivity index is 1.98. The predicted octanol–water partition coefficient (Wildman–Crippen LogP) is 2.86. The van der Waals surface area contributed by atoms with Crippen molar-refractivity contribution in [2.24, 2.45) is 0 Å². The van der Waals surface area contributed by atoms with Gasteiger partial charge in [0.1, 0.15) is 5.52 Å². The Morgan fingerprint density at radius 2 is 2.43 bits per heavy atom. The largest absolute Gasteiger partial charge is 0.371 e. The second-order valence-corrected chi connectivity index (χ2v) is 6.30. The third-order valence-corrected chi connectivity index (χ3v) is 4.43. The van der Waals surface area contributed by atoms with Gasteiger partial charge in [0.2, 0.25) is 5.91 Å². The van der Waals surface area contributed by atoms with E-state index >= 15 is 0 Å². The molecular formula is C15H18BrFN4O2. The van der Waals surface area contributed by atoms with Gasteiger partial charge in [-0.05, 0) is 12.5 Å². The van der Waals surface area contributed by atoms with Crippen molar-refractivity contribution in [3.8, 4) is 0 Å². The minimum absolute atomic E-state index is 0.138. The number of aromatic amines is 1. The summed E-state index contributed by atoms with van der Waals surface area (Å²) in [6, 6.07) is 1.76. The fourth-order valence-corrected chi connectivity index (χ4v) is 3.32. The first-order valence-corrected chi connectivity index (χ1v) is 8.39. The number of anilines is 1. The first-order chi connectivity index (χ1) is 11.1. The van der Waals surface area contributed by atoms with Gasteiger partial charge in [-0.3, -0.25) is 9.89 Å². The number of hydrogen-bond donors (Lipinski definition) is 3. The maximum absolute atomic E-state index is 14.9. The van der Waals surface area contributed by atoms with Crippen LogP contribution in [0.2, 0.25) is 0 Å². The molecule has 1 atom stereocenters. The van der Waals surface area contributed by atoms with Crippen LogP contribution in [-0.4, -0.2) is 35.8 Å². The van der Waals surface area contributed by atoms with Crippen molar-refractivity contribution in [1.82, 2.24) is 15.5 Å². The number of aromatic nitrogens is 2. The smallest absolute Gasteiger partial charge is 0.225 e. The van der Waals surface area contributed by atoms with E-state index < -0.39 is 5.82 Å². The van der Waals surface area contributed by atoms with E-state index in [0.717, 1.165) is 13.0 Å². The van der Waals surface area contributed by atoms with Gasteiger partial charge in [-0.2, -0.15) is 5.10 Å². The zero-order chi connectivity index (χ0) is 16.4. The number of fused-ring (bicyclic) bond motifs is 1. The molecule has 0 spiro atoms. The molecule has 0 aliphatic carbocycles. The number of amides is 1. The van der Waals surface area contributed by atoms with Crippen LogP contribution in [0.1, 0.15) is 31.4 Å². The van der Waals surface area contributed by atoms with Crippen LogP contribution in [0.3, 0.4) is 0 Å². The molecule has 0 saturated carbocycles. The minimum atomic E-state index is -0.411. The van der Waals surface area contributed by atoms with Crippen LogP contribution >= 0.6 is 15.9 Å². The minimum Gasteiger partial charge on any atom is -0.371 e. The number of carbonyl (C=O) groups is 1. The Labute approximate surface area is 141 Å². The molecule has 1 aromatic carbocycles.